The topological polar surface area (TPSA) is 43.3 Å². The van der Waals surface area contributed by atoms with E-state index in [2.05, 4.69) is 11.4 Å². The van der Waals surface area contributed by atoms with Crippen LogP contribution in [0.5, 0.6) is 0 Å². The minimum atomic E-state index is 0.161. The van der Waals surface area contributed by atoms with E-state index in [0.717, 1.165) is 29.8 Å². The molecule has 0 aliphatic heterocycles. The Balaban J connectivity index is 2.11. The number of nitrogens with zero attached hydrogens (tertiary/aromatic N) is 1. The molecule has 21 heavy (non-hydrogen) atoms. The van der Waals surface area contributed by atoms with Crippen molar-refractivity contribution in [2.45, 2.75) is 65.1 Å². The first-order valence-corrected chi connectivity index (χ1v) is 8.05. The summed E-state index contributed by atoms with van der Waals surface area (Å²) in [6, 6.07) is 2.71. The lowest BCUT2D eigenvalue weighted by Gasteiger charge is -2.17. The van der Waals surface area contributed by atoms with E-state index in [-0.39, 0.29) is 5.56 Å². The second-order valence-corrected chi connectivity index (χ2v) is 6.11. The summed E-state index contributed by atoms with van der Waals surface area (Å²) < 4.78 is 6.97. The maximum atomic E-state index is 12.7. The molecule has 1 heterocycles. The maximum absolute atomic E-state index is 12.7. The van der Waals surface area contributed by atoms with E-state index in [4.69, 9.17) is 4.74 Å². The Hall–Kier alpha value is -1.13. The lowest BCUT2D eigenvalue weighted by Crippen LogP contribution is -2.33. The predicted octanol–water partition coefficient (Wildman–Crippen LogP) is 2.53. The summed E-state index contributed by atoms with van der Waals surface area (Å²) in [6.45, 7) is 6.17. The summed E-state index contributed by atoms with van der Waals surface area (Å²) >= 11 is 0. The van der Waals surface area contributed by atoms with Crippen LogP contribution in [0.1, 0.15) is 48.9 Å². The van der Waals surface area contributed by atoms with Gasteiger partial charge in [0.15, 0.2) is 0 Å². The van der Waals surface area contributed by atoms with E-state index in [1.54, 1.807) is 7.11 Å². The van der Waals surface area contributed by atoms with Crippen LogP contribution in [-0.2, 0) is 17.8 Å². The van der Waals surface area contributed by atoms with Crippen LogP contribution < -0.4 is 10.9 Å². The van der Waals surface area contributed by atoms with Gasteiger partial charge >= 0.3 is 0 Å². The Morgan fingerprint density at radius 3 is 2.71 bits per heavy atom. The first-order valence-electron chi connectivity index (χ1n) is 8.05. The van der Waals surface area contributed by atoms with E-state index in [0.29, 0.717) is 19.2 Å². The van der Waals surface area contributed by atoms with Crippen molar-refractivity contribution >= 4 is 0 Å². The molecule has 1 aromatic heterocycles. The molecule has 118 valence electrons. The number of hydrogen-bond acceptors (Lipinski definition) is 3. The van der Waals surface area contributed by atoms with Gasteiger partial charge in [0.25, 0.3) is 5.56 Å². The third-order valence-corrected chi connectivity index (χ3v) is 4.48. The Bertz CT molecular complexity index is 516. The second-order valence-electron chi connectivity index (χ2n) is 6.11. The molecule has 1 fully saturated rings. The minimum absolute atomic E-state index is 0.161. The number of nitrogens with one attached hydrogen (secondary N) is 1. The van der Waals surface area contributed by atoms with Crippen molar-refractivity contribution in [2.24, 2.45) is 0 Å². The standard InChI is InChI=1S/C17H28N2O2/c1-13-11-14(2)19(9-6-10-21-3)17(20)16(13)12-18-15-7-4-5-8-15/h11,15,18H,4-10,12H2,1-3H3. The number of hydrogen-bond donors (Lipinski definition) is 1. The summed E-state index contributed by atoms with van der Waals surface area (Å²) in [7, 11) is 1.70. The third kappa shape index (κ3) is 4.17. The molecule has 4 heteroatoms. The van der Waals surface area contributed by atoms with Crippen molar-refractivity contribution in [1.29, 1.82) is 0 Å². The number of rotatable bonds is 7. The van der Waals surface area contributed by atoms with Gasteiger partial charge in [0.1, 0.15) is 0 Å². The van der Waals surface area contributed by atoms with Crippen LogP contribution in [0.25, 0.3) is 0 Å². The lowest BCUT2D eigenvalue weighted by molar-refractivity contribution is 0.189. The molecule has 1 N–H and O–H groups in total. The van der Waals surface area contributed by atoms with Crippen molar-refractivity contribution in [3.63, 3.8) is 0 Å². The Morgan fingerprint density at radius 1 is 1.33 bits per heavy atom. The van der Waals surface area contributed by atoms with Crippen molar-refractivity contribution < 1.29 is 4.74 Å². The molecule has 1 saturated carbocycles. The second kappa shape index (κ2) is 7.76. The molecule has 0 bridgehead atoms. The van der Waals surface area contributed by atoms with Gasteiger partial charge in [0, 0.05) is 44.1 Å². The SMILES string of the molecule is COCCCn1c(C)cc(C)c(CNC2CCCC2)c1=O. The molecule has 4 nitrogen and oxygen atoms in total. The molecular formula is C17H28N2O2. The van der Waals surface area contributed by atoms with Crippen molar-refractivity contribution in [2.75, 3.05) is 13.7 Å². The van der Waals surface area contributed by atoms with E-state index in [1.165, 1.54) is 25.7 Å². The van der Waals surface area contributed by atoms with Crippen LogP contribution in [-0.4, -0.2) is 24.3 Å². The van der Waals surface area contributed by atoms with Crippen LogP contribution in [0, 0.1) is 13.8 Å². The molecule has 1 aromatic rings. The summed E-state index contributed by atoms with van der Waals surface area (Å²) in [4.78, 5) is 12.7. The van der Waals surface area contributed by atoms with Gasteiger partial charge in [-0.25, -0.2) is 0 Å². The molecule has 1 aliphatic rings. The van der Waals surface area contributed by atoms with Crippen LogP contribution >= 0.6 is 0 Å². The van der Waals surface area contributed by atoms with E-state index >= 15 is 0 Å². The van der Waals surface area contributed by atoms with Crippen molar-refractivity contribution in [3.05, 3.63) is 33.2 Å². The zero-order valence-corrected chi connectivity index (χ0v) is 13.6. The van der Waals surface area contributed by atoms with Crippen LogP contribution in [0.4, 0.5) is 0 Å². The molecule has 0 saturated heterocycles. The minimum Gasteiger partial charge on any atom is -0.385 e. The van der Waals surface area contributed by atoms with Gasteiger partial charge in [0.2, 0.25) is 0 Å². The van der Waals surface area contributed by atoms with Crippen LogP contribution in [0.2, 0.25) is 0 Å². The van der Waals surface area contributed by atoms with Crippen LogP contribution in [0.3, 0.4) is 0 Å². The summed E-state index contributed by atoms with van der Waals surface area (Å²) in [5.41, 5.74) is 3.23. The van der Waals surface area contributed by atoms with Gasteiger partial charge in [-0.15, -0.1) is 0 Å². The Kier molecular flexibility index (Phi) is 6.00. The summed E-state index contributed by atoms with van der Waals surface area (Å²) in [6.07, 6.45) is 5.98. The summed E-state index contributed by atoms with van der Waals surface area (Å²) in [5, 5.41) is 3.56. The first-order chi connectivity index (χ1) is 10.1. The number of aryl methyl sites for hydroxylation is 2. The smallest absolute Gasteiger partial charge is 0.255 e. The lowest BCUT2D eigenvalue weighted by atomic mass is 10.1. The number of pyridine rings is 1. The fraction of sp³-hybridized carbons (Fsp3) is 0.706. The number of methoxy groups -OCH3 is 1. The highest BCUT2D eigenvalue weighted by molar-refractivity contribution is 5.26. The summed E-state index contributed by atoms with van der Waals surface area (Å²) in [5.74, 6) is 0. The molecule has 1 aliphatic carbocycles. The largest absolute Gasteiger partial charge is 0.385 e. The Morgan fingerprint density at radius 2 is 2.05 bits per heavy atom. The molecule has 0 radical (unpaired) electrons. The van der Waals surface area contributed by atoms with E-state index < -0.39 is 0 Å². The van der Waals surface area contributed by atoms with Gasteiger partial charge in [-0.1, -0.05) is 12.8 Å². The highest BCUT2D eigenvalue weighted by atomic mass is 16.5. The molecule has 0 unspecified atom stereocenters. The van der Waals surface area contributed by atoms with E-state index in [9.17, 15) is 4.79 Å². The molecule has 0 atom stereocenters. The molecule has 0 spiro atoms. The van der Waals surface area contributed by atoms with Gasteiger partial charge in [-0.05, 0) is 44.7 Å². The van der Waals surface area contributed by atoms with Gasteiger partial charge in [0.05, 0.1) is 0 Å². The zero-order valence-electron chi connectivity index (χ0n) is 13.6. The van der Waals surface area contributed by atoms with Crippen molar-refractivity contribution in [1.82, 2.24) is 9.88 Å². The third-order valence-electron chi connectivity index (χ3n) is 4.48. The maximum Gasteiger partial charge on any atom is 0.255 e. The number of aromatic nitrogens is 1. The van der Waals surface area contributed by atoms with Crippen LogP contribution in [0.15, 0.2) is 10.9 Å². The highest BCUT2D eigenvalue weighted by Crippen LogP contribution is 2.18. The average Bonchev–Trinajstić information content (AvgIpc) is 2.95. The number of ether oxygens (including phenoxy) is 1. The quantitative estimate of drug-likeness (QED) is 0.785. The van der Waals surface area contributed by atoms with Crippen molar-refractivity contribution in [3.8, 4) is 0 Å². The van der Waals surface area contributed by atoms with Gasteiger partial charge < -0.3 is 14.6 Å². The fourth-order valence-electron chi connectivity index (χ4n) is 3.21. The fourth-order valence-corrected chi connectivity index (χ4v) is 3.21. The Labute approximate surface area is 127 Å². The molecule has 0 amide bonds. The molecular weight excluding hydrogens is 264 g/mol. The van der Waals surface area contributed by atoms with E-state index in [1.807, 2.05) is 18.4 Å². The zero-order chi connectivity index (χ0) is 15.2. The highest BCUT2D eigenvalue weighted by Gasteiger charge is 2.16. The monoisotopic (exact) mass is 292 g/mol. The first kappa shape index (κ1) is 16.2. The molecule has 0 aromatic carbocycles. The van der Waals surface area contributed by atoms with Gasteiger partial charge in [-0.2, -0.15) is 0 Å². The average molecular weight is 292 g/mol. The normalized spacial score (nSPS) is 15.8. The van der Waals surface area contributed by atoms with Gasteiger partial charge in [-0.3, -0.25) is 4.79 Å². The predicted molar refractivity (Wildman–Crippen MR) is 85.8 cm³/mol. The molecule has 2 rings (SSSR count).